The van der Waals surface area contributed by atoms with Crippen molar-refractivity contribution >= 4 is 21.7 Å². The van der Waals surface area contributed by atoms with E-state index in [1.54, 1.807) is 31.2 Å². The van der Waals surface area contributed by atoms with Gasteiger partial charge in [0.15, 0.2) is 0 Å². The van der Waals surface area contributed by atoms with Crippen LogP contribution in [0.2, 0.25) is 5.02 Å². The largest absolute Gasteiger partial charge is 0.491 e. The van der Waals surface area contributed by atoms with Gasteiger partial charge < -0.3 is 13.7 Å². The van der Waals surface area contributed by atoms with E-state index >= 15 is 0 Å². The van der Waals surface area contributed by atoms with Gasteiger partial charge in [-0.15, -0.1) is 0 Å². The first-order chi connectivity index (χ1) is 11.4. The molecule has 0 fully saturated rings. The molecular formula is C17H19ClO5S. The molecule has 0 atom stereocenters. The van der Waals surface area contributed by atoms with Gasteiger partial charge in [-0.1, -0.05) is 11.6 Å². The minimum absolute atomic E-state index is 0.0484. The summed E-state index contributed by atoms with van der Waals surface area (Å²) in [6.07, 6.45) is 0. The molecule has 0 aliphatic heterocycles. The molecule has 0 radical (unpaired) electrons. The smallest absolute Gasteiger partial charge is 0.339 e. The van der Waals surface area contributed by atoms with Crippen molar-refractivity contribution in [1.29, 1.82) is 0 Å². The maximum Gasteiger partial charge on any atom is 0.339 e. The minimum Gasteiger partial charge on any atom is -0.491 e. The van der Waals surface area contributed by atoms with E-state index in [0.29, 0.717) is 30.6 Å². The summed E-state index contributed by atoms with van der Waals surface area (Å²) in [6, 6.07) is 10.7. The number of benzene rings is 2. The number of hydrogen-bond donors (Lipinski definition) is 0. The highest BCUT2D eigenvalue weighted by Gasteiger charge is 2.17. The van der Waals surface area contributed by atoms with Crippen LogP contribution >= 0.6 is 11.6 Å². The molecule has 0 aliphatic carbocycles. The Morgan fingerprint density at radius 3 is 2.29 bits per heavy atom. The van der Waals surface area contributed by atoms with Crippen LogP contribution in [-0.4, -0.2) is 28.2 Å². The van der Waals surface area contributed by atoms with Crippen LogP contribution < -0.4 is 8.92 Å². The maximum absolute atomic E-state index is 12.3. The molecule has 0 saturated carbocycles. The standard InChI is InChI=1S/C17H19ClO5S/c1-3-21-10-11-22-14-4-7-16(8-5-14)24(19,20)23-15-6-9-17(18)13(2)12-15/h4-9,12H,3,10-11H2,1-2H3. The predicted molar refractivity (Wildman–Crippen MR) is 92.4 cm³/mol. The first kappa shape index (κ1) is 18.6. The lowest BCUT2D eigenvalue weighted by atomic mass is 10.2. The van der Waals surface area contributed by atoms with Gasteiger partial charge in [0.1, 0.15) is 23.0 Å². The van der Waals surface area contributed by atoms with E-state index in [0.717, 1.165) is 5.56 Å². The van der Waals surface area contributed by atoms with Crippen molar-refractivity contribution in [2.45, 2.75) is 18.7 Å². The predicted octanol–water partition coefficient (Wildman–Crippen LogP) is 3.83. The maximum atomic E-state index is 12.3. The van der Waals surface area contributed by atoms with E-state index in [4.69, 9.17) is 25.3 Å². The molecule has 7 heteroatoms. The third-order valence-corrected chi connectivity index (χ3v) is 4.83. The van der Waals surface area contributed by atoms with Crippen LogP contribution in [0.3, 0.4) is 0 Å². The Morgan fingerprint density at radius 1 is 1.00 bits per heavy atom. The highest BCUT2D eigenvalue weighted by molar-refractivity contribution is 7.87. The van der Waals surface area contributed by atoms with Crippen LogP contribution in [0.15, 0.2) is 47.4 Å². The van der Waals surface area contributed by atoms with Gasteiger partial charge in [-0.25, -0.2) is 0 Å². The monoisotopic (exact) mass is 370 g/mol. The zero-order valence-electron chi connectivity index (χ0n) is 13.5. The van der Waals surface area contributed by atoms with Crippen LogP contribution in [0.4, 0.5) is 0 Å². The van der Waals surface area contributed by atoms with Crippen molar-refractivity contribution in [3.05, 3.63) is 53.1 Å². The molecule has 0 heterocycles. The van der Waals surface area contributed by atoms with Gasteiger partial charge >= 0.3 is 10.1 Å². The quantitative estimate of drug-likeness (QED) is 0.522. The molecule has 2 aromatic rings. The van der Waals surface area contributed by atoms with Crippen molar-refractivity contribution in [2.75, 3.05) is 19.8 Å². The summed E-state index contributed by atoms with van der Waals surface area (Å²) in [5.74, 6) is 0.782. The number of aryl methyl sites for hydroxylation is 1. The normalized spacial score (nSPS) is 11.3. The van der Waals surface area contributed by atoms with Crippen LogP contribution in [-0.2, 0) is 14.9 Å². The fourth-order valence-corrected chi connectivity index (χ4v) is 2.95. The molecular weight excluding hydrogens is 352 g/mol. The molecule has 2 rings (SSSR count). The Bertz CT molecular complexity index is 772. The molecule has 0 saturated heterocycles. The summed E-state index contributed by atoms with van der Waals surface area (Å²) in [5, 5.41) is 0.549. The topological polar surface area (TPSA) is 61.8 Å². The number of rotatable bonds is 8. The first-order valence-electron chi connectivity index (χ1n) is 7.43. The van der Waals surface area contributed by atoms with Gasteiger partial charge in [0, 0.05) is 11.6 Å². The van der Waals surface area contributed by atoms with E-state index in [1.807, 2.05) is 6.92 Å². The summed E-state index contributed by atoms with van der Waals surface area (Å²) < 4.78 is 40.3. The fraction of sp³-hybridized carbons (Fsp3) is 0.294. The molecule has 0 N–H and O–H groups in total. The molecule has 0 amide bonds. The molecule has 130 valence electrons. The zero-order valence-corrected chi connectivity index (χ0v) is 15.1. The van der Waals surface area contributed by atoms with Crippen LogP contribution in [0, 0.1) is 6.92 Å². The lowest BCUT2D eigenvalue weighted by Gasteiger charge is -2.10. The molecule has 0 unspecified atom stereocenters. The van der Waals surface area contributed by atoms with Crippen LogP contribution in [0.1, 0.15) is 12.5 Å². The van der Waals surface area contributed by atoms with E-state index in [1.165, 1.54) is 18.2 Å². The number of hydrogen-bond acceptors (Lipinski definition) is 5. The minimum atomic E-state index is -3.91. The second-order valence-electron chi connectivity index (χ2n) is 4.97. The van der Waals surface area contributed by atoms with Crippen LogP contribution in [0.5, 0.6) is 11.5 Å². The molecule has 0 aromatic heterocycles. The lowest BCUT2D eigenvalue weighted by molar-refractivity contribution is 0.110. The summed E-state index contributed by atoms with van der Waals surface area (Å²) >= 11 is 5.92. The number of halogens is 1. The Kier molecular flexibility index (Phi) is 6.48. The Hall–Kier alpha value is -1.76. The second-order valence-corrected chi connectivity index (χ2v) is 6.92. The molecule has 2 aromatic carbocycles. The highest BCUT2D eigenvalue weighted by atomic mass is 35.5. The van der Waals surface area contributed by atoms with Crippen molar-refractivity contribution in [1.82, 2.24) is 0 Å². The third kappa shape index (κ3) is 5.12. The summed E-state index contributed by atoms with van der Waals surface area (Å²) in [4.78, 5) is 0.0484. The Balaban J connectivity index is 2.04. The van der Waals surface area contributed by atoms with Crippen molar-refractivity contribution < 1.29 is 22.1 Å². The van der Waals surface area contributed by atoms with Gasteiger partial charge in [-0.05, 0) is 61.9 Å². The van der Waals surface area contributed by atoms with Gasteiger partial charge in [-0.2, -0.15) is 8.42 Å². The Morgan fingerprint density at radius 2 is 1.67 bits per heavy atom. The van der Waals surface area contributed by atoms with Crippen LogP contribution in [0.25, 0.3) is 0 Å². The SMILES string of the molecule is CCOCCOc1ccc(S(=O)(=O)Oc2ccc(Cl)c(C)c2)cc1. The van der Waals surface area contributed by atoms with E-state index in [9.17, 15) is 8.42 Å². The van der Waals surface area contributed by atoms with Gasteiger partial charge in [-0.3, -0.25) is 0 Å². The summed E-state index contributed by atoms with van der Waals surface area (Å²) in [7, 11) is -3.91. The molecule has 24 heavy (non-hydrogen) atoms. The fourth-order valence-electron chi connectivity index (χ4n) is 1.91. The molecule has 5 nitrogen and oxygen atoms in total. The summed E-state index contributed by atoms with van der Waals surface area (Å²) in [6.45, 7) is 5.19. The first-order valence-corrected chi connectivity index (χ1v) is 9.22. The van der Waals surface area contributed by atoms with Gasteiger partial charge in [0.05, 0.1) is 6.61 Å². The number of ether oxygens (including phenoxy) is 2. The molecule has 0 spiro atoms. The zero-order chi connectivity index (χ0) is 17.6. The summed E-state index contributed by atoms with van der Waals surface area (Å²) in [5.41, 5.74) is 0.738. The van der Waals surface area contributed by atoms with Crippen molar-refractivity contribution in [3.8, 4) is 11.5 Å². The highest BCUT2D eigenvalue weighted by Crippen LogP contribution is 2.25. The van der Waals surface area contributed by atoms with E-state index < -0.39 is 10.1 Å². The average Bonchev–Trinajstić information content (AvgIpc) is 2.55. The Labute approximate surface area is 147 Å². The molecule has 0 aliphatic rings. The van der Waals surface area contributed by atoms with Gasteiger partial charge in [0.2, 0.25) is 0 Å². The van der Waals surface area contributed by atoms with Crippen molar-refractivity contribution in [2.24, 2.45) is 0 Å². The molecule has 0 bridgehead atoms. The lowest BCUT2D eigenvalue weighted by Crippen LogP contribution is -2.10. The van der Waals surface area contributed by atoms with E-state index in [-0.39, 0.29) is 10.6 Å². The third-order valence-electron chi connectivity index (χ3n) is 3.15. The van der Waals surface area contributed by atoms with Gasteiger partial charge in [0.25, 0.3) is 0 Å². The van der Waals surface area contributed by atoms with Crippen molar-refractivity contribution in [3.63, 3.8) is 0 Å². The second kappa shape index (κ2) is 8.37. The van der Waals surface area contributed by atoms with E-state index in [2.05, 4.69) is 0 Å². The average molecular weight is 371 g/mol.